The first-order valence-corrected chi connectivity index (χ1v) is 8.01. The lowest BCUT2D eigenvalue weighted by Gasteiger charge is -2.60. The van der Waals surface area contributed by atoms with E-state index in [1.165, 1.54) is 5.01 Å². The van der Waals surface area contributed by atoms with Gasteiger partial charge in [-0.05, 0) is 38.0 Å². The second-order valence-electron chi connectivity index (χ2n) is 7.46. The molecule has 6 nitrogen and oxygen atoms in total. The smallest absolute Gasteiger partial charge is 0.242 e. The summed E-state index contributed by atoms with van der Waals surface area (Å²) >= 11 is 0. The van der Waals surface area contributed by atoms with Gasteiger partial charge >= 0.3 is 0 Å². The number of carbonyl (C=O) groups excluding carboxylic acids is 1. The zero-order chi connectivity index (χ0) is 15.0. The number of hydrogen-bond acceptors (Lipinski definition) is 5. The van der Waals surface area contributed by atoms with Crippen LogP contribution in [-0.4, -0.2) is 28.5 Å². The van der Waals surface area contributed by atoms with E-state index in [1.807, 2.05) is 13.8 Å². The van der Waals surface area contributed by atoms with Crippen molar-refractivity contribution >= 4 is 5.91 Å². The normalized spacial score (nSPS) is 56.1. The third kappa shape index (κ3) is 1.59. The van der Waals surface area contributed by atoms with Crippen LogP contribution in [0.1, 0.15) is 46.5 Å². The Labute approximate surface area is 124 Å². The van der Waals surface area contributed by atoms with E-state index < -0.39 is 17.6 Å². The molecule has 5 aliphatic rings. The molecular weight excluding hydrogens is 272 g/mol. The van der Waals surface area contributed by atoms with Crippen molar-refractivity contribution in [2.45, 2.75) is 64.1 Å². The minimum absolute atomic E-state index is 0.0521. The maximum Gasteiger partial charge on any atom is 0.242 e. The number of hydrazine groups is 1. The fourth-order valence-electron chi connectivity index (χ4n) is 5.09. The van der Waals surface area contributed by atoms with Gasteiger partial charge < -0.3 is 4.74 Å². The molecule has 4 saturated heterocycles. The Morgan fingerprint density at radius 3 is 2.71 bits per heavy atom. The predicted molar refractivity (Wildman–Crippen MR) is 73.0 cm³/mol. The van der Waals surface area contributed by atoms with E-state index in [-0.39, 0.29) is 17.7 Å². The SMILES string of the molecule is C[C@@H]1CC[C@H]2[C@@H](C)C(=O)N(N)[C@H]3O[C@]4(C)CC[C@H]1[C@]32OO4. The van der Waals surface area contributed by atoms with Crippen LogP contribution in [-0.2, 0) is 19.3 Å². The molecule has 7 atom stereocenters. The van der Waals surface area contributed by atoms with E-state index in [0.29, 0.717) is 11.8 Å². The first-order valence-electron chi connectivity index (χ1n) is 8.01. The summed E-state index contributed by atoms with van der Waals surface area (Å²) < 4.78 is 6.14. The van der Waals surface area contributed by atoms with Gasteiger partial charge in [-0.15, -0.1) is 0 Å². The van der Waals surface area contributed by atoms with Crippen molar-refractivity contribution in [2.75, 3.05) is 0 Å². The monoisotopic (exact) mass is 296 g/mol. The summed E-state index contributed by atoms with van der Waals surface area (Å²) in [6.45, 7) is 6.08. The summed E-state index contributed by atoms with van der Waals surface area (Å²) in [5.74, 6) is 6.03. The van der Waals surface area contributed by atoms with Crippen LogP contribution in [0.15, 0.2) is 0 Å². The van der Waals surface area contributed by atoms with Gasteiger partial charge in [0, 0.05) is 18.3 Å². The van der Waals surface area contributed by atoms with Crippen LogP contribution in [0.5, 0.6) is 0 Å². The van der Waals surface area contributed by atoms with Gasteiger partial charge in [0.2, 0.25) is 11.7 Å². The van der Waals surface area contributed by atoms with E-state index in [4.69, 9.17) is 20.4 Å². The molecule has 2 bridgehead atoms. The number of nitrogens with zero attached hydrogens (tertiary/aromatic N) is 1. The van der Waals surface area contributed by atoms with Crippen molar-refractivity contribution in [3.05, 3.63) is 0 Å². The van der Waals surface area contributed by atoms with E-state index in [0.717, 1.165) is 25.7 Å². The maximum atomic E-state index is 12.5. The average molecular weight is 296 g/mol. The molecule has 0 aromatic carbocycles. The highest BCUT2D eigenvalue weighted by Gasteiger charge is 2.70. The first kappa shape index (κ1) is 13.9. The molecule has 21 heavy (non-hydrogen) atoms. The minimum Gasteiger partial charge on any atom is -0.319 e. The summed E-state index contributed by atoms with van der Waals surface area (Å²) in [5.41, 5.74) is -0.615. The van der Waals surface area contributed by atoms with Gasteiger partial charge in [-0.2, -0.15) is 0 Å². The van der Waals surface area contributed by atoms with Gasteiger partial charge in [0.1, 0.15) is 0 Å². The molecule has 1 aliphatic carbocycles. The van der Waals surface area contributed by atoms with Crippen molar-refractivity contribution in [3.8, 4) is 0 Å². The Morgan fingerprint density at radius 1 is 1.19 bits per heavy atom. The summed E-state index contributed by atoms with van der Waals surface area (Å²) in [4.78, 5) is 24.2. The lowest BCUT2D eigenvalue weighted by atomic mass is 9.57. The fourth-order valence-corrected chi connectivity index (χ4v) is 5.09. The molecule has 5 rings (SSSR count). The quantitative estimate of drug-likeness (QED) is 0.417. The van der Waals surface area contributed by atoms with Gasteiger partial charge in [0.25, 0.3) is 0 Å². The summed E-state index contributed by atoms with van der Waals surface area (Å²) in [6, 6.07) is 0. The van der Waals surface area contributed by atoms with Gasteiger partial charge in [-0.3, -0.25) is 4.79 Å². The van der Waals surface area contributed by atoms with E-state index in [9.17, 15) is 4.79 Å². The minimum atomic E-state index is -0.810. The van der Waals surface area contributed by atoms with Gasteiger partial charge in [-0.25, -0.2) is 20.6 Å². The molecule has 2 N–H and O–H groups in total. The molecule has 0 unspecified atom stereocenters. The second kappa shape index (κ2) is 4.19. The number of rotatable bonds is 0. The Kier molecular flexibility index (Phi) is 2.78. The fraction of sp³-hybridized carbons (Fsp3) is 0.933. The van der Waals surface area contributed by atoms with Gasteiger partial charge in [0.05, 0.1) is 0 Å². The molecule has 0 radical (unpaired) electrons. The van der Waals surface area contributed by atoms with Crippen LogP contribution < -0.4 is 5.84 Å². The Hall–Kier alpha value is -0.690. The highest BCUT2D eigenvalue weighted by atomic mass is 17.3. The van der Waals surface area contributed by atoms with Crippen molar-refractivity contribution in [3.63, 3.8) is 0 Å². The van der Waals surface area contributed by atoms with E-state index >= 15 is 0 Å². The number of hydrogen-bond donors (Lipinski definition) is 1. The summed E-state index contributed by atoms with van der Waals surface area (Å²) in [7, 11) is 0. The van der Waals surface area contributed by atoms with Gasteiger partial charge in [0.15, 0.2) is 11.8 Å². The van der Waals surface area contributed by atoms with Crippen molar-refractivity contribution in [2.24, 2.45) is 29.5 Å². The molecule has 6 heteroatoms. The van der Waals surface area contributed by atoms with Crippen LogP contribution >= 0.6 is 0 Å². The molecular formula is C15H24N2O4. The molecule has 5 fully saturated rings. The van der Waals surface area contributed by atoms with Crippen LogP contribution in [0.4, 0.5) is 0 Å². The van der Waals surface area contributed by atoms with Crippen LogP contribution in [0.2, 0.25) is 0 Å². The Balaban J connectivity index is 1.87. The highest BCUT2D eigenvalue weighted by molar-refractivity contribution is 5.80. The molecule has 4 aliphatic heterocycles. The third-order valence-corrected chi connectivity index (χ3v) is 6.30. The standard InChI is InChI=1S/C15H24N2O4/c1-8-4-5-11-9(2)12(18)17(16)13-15(11)10(8)6-7-14(3,19-13)20-21-15/h8-11,13H,4-7,16H2,1-3H3/t8-,9-,10-,11+,13+,14+,15-/m1/s1. The molecule has 1 spiro atoms. The highest BCUT2D eigenvalue weighted by Crippen LogP contribution is 2.59. The van der Waals surface area contributed by atoms with E-state index in [2.05, 4.69) is 6.92 Å². The van der Waals surface area contributed by atoms with Crippen molar-refractivity contribution in [1.82, 2.24) is 5.01 Å². The molecule has 1 saturated carbocycles. The van der Waals surface area contributed by atoms with Crippen LogP contribution in [0.25, 0.3) is 0 Å². The number of carbonyl (C=O) groups is 1. The third-order valence-electron chi connectivity index (χ3n) is 6.30. The number of amides is 1. The predicted octanol–water partition coefficient (Wildman–Crippen LogP) is 1.55. The number of ether oxygens (including phenoxy) is 1. The second-order valence-corrected chi connectivity index (χ2v) is 7.46. The van der Waals surface area contributed by atoms with Crippen molar-refractivity contribution < 1.29 is 19.3 Å². The lowest BCUT2D eigenvalue weighted by Crippen LogP contribution is -2.76. The van der Waals surface area contributed by atoms with E-state index in [1.54, 1.807) is 0 Å². The largest absolute Gasteiger partial charge is 0.319 e. The number of fused-ring (bicyclic) bond motifs is 2. The molecule has 4 heterocycles. The zero-order valence-electron chi connectivity index (χ0n) is 12.9. The van der Waals surface area contributed by atoms with Gasteiger partial charge in [-0.1, -0.05) is 13.8 Å². The molecule has 0 aromatic heterocycles. The van der Waals surface area contributed by atoms with Crippen molar-refractivity contribution in [1.29, 1.82) is 0 Å². The van der Waals surface area contributed by atoms with Crippen LogP contribution in [0, 0.1) is 23.7 Å². The Morgan fingerprint density at radius 2 is 1.95 bits per heavy atom. The maximum absolute atomic E-state index is 12.5. The zero-order valence-corrected chi connectivity index (χ0v) is 12.9. The first-order chi connectivity index (χ1) is 9.89. The van der Waals surface area contributed by atoms with Crippen LogP contribution in [0.3, 0.4) is 0 Å². The topological polar surface area (TPSA) is 74.0 Å². The summed E-state index contributed by atoms with van der Waals surface area (Å²) in [6.07, 6.45) is 3.29. The Bertz CT molecular complexity index is 486. The summed E-state index contributed by atoms with van der Waals surface area (Å²) in [5, 5.41) is 1.26. The molecule has 0 aromatic rings. The number of nitrogens with two attached hydrogens (primary N) is 1. The number of piperidine rings is 1. The molecule has 1 amide bonds. The lowest BCUT2D eigenvalue weighted by molar-refractivity contribution is -0.548. The average Bonchev–Trinajstić information content (AvgIpc) is 2.69. The molecule has 118 valence electrons.